The highest BCUT2D eigenvalue weighted by molar-refractivity contribution is 6.03. The van der Waals surface area contributed by atoms with Gasteiger partial charge in [-0.25, -0.2) is 4.79 Å². The Morgan fingerprint density at radius 2 is 1.56 bits per heavy atom. The number of rotatable bonds is 33. The molecular weight excluding hydrogens is 893 g/mol. The lowest BCUT2D eigenvalue weighted by Gasteiger charge is -2.60. The summed E-state index contributed by atoms with van der Waals surface area (Å²) in [5, 5.41) is 34.6. The number of oxime groups is 1. The number of amides is 1. The van der Waals surface area contributed by atoms with E-state index < -0.39 is 29.4 Å². The monoisotopic (exact) mass is 977 g/mol. The van der Waals surface area contributed by atoms with Crippen molar-refractivity contribution < 1.29 is 58.2 Å². The number of carbonyl (C=O) groups is 2. The predicted molar refractivity (Wildman–Crippen MR) is 272 cm³/mol. The van der Waals surface area contributed by atoms with E-state index in [1.165, 1.54) is 45.6 Å². The molecule has 3 aliphatic rings. The standard InChI is InChI=1S/C56H84N2O12/c1-7-9-10-11-12-13-14-15-16-21-33-66-54(63)58(28-34-65-35-31-61)51-39-48(57-70-55(3,4)5)46-37-41(22-17-19-29-59)45(23-18-20-30-60)52-47-38-44(68-43-24-26-49(64-6)42(36-43)40-62)25-27-50(47)69-56(51,53(46)52)67-32-8-2/h8,24-27,36-38,40-41,45,51-53,59-61H,2,7,9-23,28-35,39H2,1,3-6H3. The quantitative estimate of drug-likeness (QED) is 0.0268. The van der Waals surface area contributed by atoms with Crippen LogP contribution in [0.25, 0.3) is 0 Å². The summed E-state index contributed by atoms with van der Waals surface area (Å²) in [6.45, 7) is 12.8. The Bertz CT molecular complexity index is 1980. The Hall–Kier alpha value is -4.47. The van der Waals surface area contributed by atoms with E-state index in [1.807, 2.05) is 39.0 Å². The third-order valence-electron chi connectivity index (χ3n) is 13.7. The summed E-state index contributed by atoms with van der Waals surface area (Å²) in [5.41, 5.74) is 2.16. The van der Waals surface area contributed by atoms with Crippen LogP contribution in [0, 0.1) is 17.8 Å². The molecule has 1 heterocycles. The first-order chi connectivity index (χ1) is 34.0. The van der Waals surface area contributed by atoms with E-state index in [9.17, 15) is 24.9 Å². The van der Waals surface area contributed by atoms with Gasteiger partial charge in [0.1, 0.15) is 34.6 Å². The van der Waals surface area contributed by atoms with Gasteiger partial charge in [-0.3, -0.25) is 9.69 Å². The molecule has 14 nitrogen and oxygen atoms in total. The highest BCUT2D eigenvalue weighted by atomic mass is 16.7. The zero-order chi connectivity index (χ0) is 50.4. The van der Waals surface area contributed by atoms with Gasteiger partial charge in [0, 0.05) is 37.7 Å². The van der Waals surface area contributed by atoms with Crippen molar-refractivity contribution >= 4 is 18.1 Å². The van der Waals surface area contributed by atoms with Crippen LogP contribution in [0.4, 0.5) is 4.79 Å². The van der Waals surface area contributed by atoms with Gasteiger partial charge in [-0.1, -0.05) is 94.9 Å². The van der Waals surface area contributed by atoms with Crippen molar-refractivity contribution in [1.29, 1.82) is 0 Å². The SMILES string of the molecule is C=CCOC12Oc3ccc(Oc4ccc(OC)c(C=O)c4)cc3C3C(CCCCO)C(CCCCO)C=C(C(=NOC(C)(C)C)CC1N(CCOCCO)C(=O)OCCCCCCCCCCCC)C32. The zero-order valence-corrected chi connectivity index (χ0v) is 42.9. The largest absolute Gasteiger partial charge is 0.496 e. The molecule has 1 fully saturated rings. The molecule has 0 saturated heterocycles. The van der Waals surface area contributed by atoms with Crippen LogP contribution in [0.2, 0.25) is 0 Å². The Kier molecular flexibility index (Phi) is 23.5. The number of aliphatic hydroxyl groups is 3. The van der Waals surface area contributed by atoms with E-state index in [0.717, 1.165) is 68.8 Å². The smallest absolute Gasteiger partial charge is 0.410 e. The molecule has 70 heavy (non-hydrogen) atoms. The van der Waals surface area contributed by atoms with Gasteiger partial charge >= 0.3 is 6.09 Å². The van der Waals surface area contributed by atoms with Crippen LogP contribution < -0.4 is 14.2 Å². The molecule has 5 rings (SSSR count). The number of allylic oxidation sites excluding steroid dienone is 1. The lowest BCUT2D eigenvalue weighted by atomic mass is 9.55. The van der Waals surface area contributed by atoms with Gasteiger partial charge in [0.25, 0.3) is 0 Å². The molecule has 0 spiro atoms. The number of aliphatic hydroxyl groups excluding tert-OH is 3. The van der Waals surface area contributed by atoms with Crippen LogP contribution in [0.15, 0.2) is 65.9 Å². The van der Waals surface area contributed by atoms with E-state index >= 15 is 0 Å². The number of aldehydes is 1. The number of nitrogens with zero attached hydrogens (tertiary/aromatic N) is 2. The van der Waals surface area contributed by atoms with E-state index in [2.05, 4.69) is 19.6 Å². The van der Waals surface area contributed by atoms with Gasteiger partial charge in [-0.2, -0.15) is 0 Å². The maximum Gasteiger partial charge on any atom is 0.410 e. The van der Waals surface area contributed by atoms with Crippen molar-refractivity contribution in [3.63, 3.8) is 0 Å². The summed E-state index contributed by atoms with van der Waals surface area (Å²) in [6, 6.07) is 10.00. The second-order valence-corrected chi connectivity index (χ2v) is 19.9. The fourth-order valence-corrected chi connectivity index (χ4v) is 10.4. The average molecular weight is 977 g/mol. The molecule has 6 unspecified atom stereocenters. The Morgan fingerprint density at radius 3 is 2.21 bits per heavy atom. The zero-order valence-electron chi connectivity index (χ0n) is 42.9. The van der Waals surface area contributed by atoms with Crippen LogP contribution >= 0.6 is 0 Å². The van der Waals surface area contributed by atoms with Crippen LogP contribution in [0.5, 0.6) is 23.0 Å². The molecular formula is C56H84N2O12. The topological polar surface area (TPSA) is 175 Å². The molecule has 2 aliphatic carbocycles. The molecule has 2 aromatic carbocycles. The third-order valence-corrected chi connectivity index (χ3v) is 13.7. The van der Waals surface area contributed by atoms with Crippen molar-refractivity contribution in [2.45, 2.75) is 160 Å². The summed E-state index contributed by atoms with van der Waals surface area (Å²) < 4.78 is 38.4. The molecule has 2 aromatic rings. The molecule has 1 aliphatic heterocycles. The lowest BCUT2D eigenvalue weighted by Crippen LogP contribution is -2.70. The van der Waals surface area contributed by atoms with E-state index in [0.29, 0.717) is 47.1 Å². The first-order valence-corrected chi connectivity index (χ1v) is 26.2. The van der Waals surface area contributed by atoms with Gasteiger partial charge in [0.2, 0.25) is 5.79 Å². The Balaban J connectivity index is 1.64. The molecule has 0 aromatic heterocycles. The molecule has 1 saturated carbocycles. The number of hydrogen-bond acceptors (Lipinski definition) is 13. The first-order valence-electron chi connectivity index (χ1n) is 26.2. The van der Waals surface area contributed by atoms with Gasteiger partial charge in [0.15, 0.2) is 6.29 Å². The van der Waals surface area contributed by atoms with Crippen molar-refractivity contribution in [2.75, 3.05) is 59.9 Å². The maximum absolute atomic E-state index is 14.8. The van der Waals surface area contributed by atoms with Crippen LogP contribution in [-0.2, 0) is 19.0 Å². The minimum Gasteiger partial charge on any atom is -0.496 e. The molecule has 6 atom stereocenters. The number of benzene rings is 2. The highest BCUT2D eigenvalue weighted by Crippen LogP contribution is 2.62. The summed E-state index contributed by atoms with van der Waals surface area (Å²) in [7, 11) is 1.51. The second kappa shape index (κ2) is 29.1. The Labute approximate surface area is 417 Å². The van der Waals surface area contributed by atoms with E-state index in [4.69, 9.17) is 38.4 Å². The maximum atomic E-state index is 14.8. The summed E-state index contributed by atoms with van der Waals surface area (Å²) >= 11 is 0. The fraction of sp³-hybridized carbons (Fsp3) is 0.661. The molecule has 14 heteroatoms. The van der Waals surface area contributed by atoms with Gasteiger partial charge < -0.3 is 48.6 Å². The Morgan fingerprint density at radius 1 is 0.871 bits per heavy atom. The molecule has 3 N–H and O–H groups in total. The average Bonchev–Trinajstić information content (AvgIpc) is 3.35. The number of hydrogen-bond donors (Lipinski definition) is 3. The number of unbranched alkanes of at least 4 members (excludes halogenated alkanes) is 11. The second-order valence-electron chi connectivity index (χ2n) is 19.9. The number of carbonyl (C=O) groups excluding carboxylic acids is 2. The highest BCUT2D eigenvalue weighted by Gasteiger charge is 2.65. The van der Waals surface area contributed by atoms with Gasteiger partial charge in [0.05, 0.1) is 57.3 Å². The normalized spacial score (nSPS) is 22.0. The fourth-order valence-electron chi connectivity index (χ4n) is 10.4. The van der Waals surface area contributed by atoms with Crippen molar-refractivity contribution in [2.24, 2.45) is 22.9 Å². The van der Waals surface area contributed by atoms with Crippen LogP contribution in [-0.4, -0.2) is 116 Å². The number of ether oxygens (including phenoxy) is 6. The molecule has 0 radical (unpaired) electrons. The van der Waals surface area contributed by atoms with E-state index in [1.54, 1.807) is 29.2 Å². The summed E-state index contributed by atoms with van der Waals surface area (Å²) in [6.07, 6.45) is 20.3. The van der Waals surface area contributed by atoms with Crippen LogP contribution in [0.3, 0.4) is 0 Å². The number of fused-ring (bicyclic) bond motifs is 2. The molecule has 1 amide bonds. The minimum atomic E-state index is -1.51. The third kappa shape index (κ3) is 15.5. The van der Waals surface area contributed by atoms with Crippen molar-refractivity contribution in [3.8, 4) is 23.0 Å². The first kappa shape index (κ1) is 56.4. The summed E-state index contributed by atoms with van der Waals surface area (Å²) in [5.74, 6) is -0.360. The number of methoxy groups -OCH3 is 1. The van der Waals surface area contributed by atoms with Crippen molar-refractivity contribution in [1.82, 2.24) is 4.90 Å². The van der Waals surface area contributed by atoms with Gasteiger partial charge in [-0.15, -0.1) is 6.58 Å². The van der Waals surface area contributed by atoms with E-state index in [-0.39, 0.29) is 77.0 Å². The predicted octanol–water partition coefficient (Wildman–Crippen LogP) is 11.1. The van der Waals surface area contributed by atoms with Gasteiger partial charge in [-0.05, 0) is 107 Å². The molecule has 390 valence electrons. The van der Waals surface area contributed by atoms with Crippen molar-refractivity contribution in [3.05, 3.63) is 71.8 Å². The molecule has 0 bridgehead atoms. The minimum absolute atomic E-state index is 0.0144. The van der Waals surface area contributed by atoms with Crippen LogP contribution in [0.1, 0.15) is 159 Å². The summed E-state index contributed by atoms with van der Waals surface area (Å²) in [4.78, 5) is 34.8. The lowest BCUT2D eigenvalue weighted by molar-refractivity contribution is -0.256.